The molecular weight excluding hydrogens is 1660 g/mol. The Balaban J connectivity index is 0.000000309. The number of aliphatic hydroxyl groups excluding tert-OH is 2. The first kappa shape index (κ1) is 94.4. The zero-order chi connectivity index (χ0) is 92.7. The van der Waals surface area contributed by atoms with Gasteiger partial charge >= 0.3 is 15.2 Å². The van der Waals surface area contributed by atoms with E-state index in [1.54, 1.807) is 168 Å². The van der Waals surface area contributed by atoms with Crippen LogP contribution >= 0.6 is 44.7 Å². The lowest BCUT2D eigenvalue weighted by molar-refractivity contribution is -0.0388. The van der Waals surface area contributed by atoms with Crippen LogP contribution in [0.4, 0.5) is 26.3 Å². The van der Waals surface area contributed by atoms with E-state index < -0.39 is 215 Å². The van der Waals surface area contributed by atoms with Crippen molar-refractivity contribution < 1.29 is 168 Å². The fourth-order valence-electron chi connectivity index (χ4n) is 11.4. The first-order valence-electron chi connectivity index (χ1n) is 39.8. The Kier molecular flexibility index (Phi) is 39.8. The molecule has 28 nitrogen and oxygen atoms in total. The highest BCUT2D eigenvalue weighted by Crippen LogP contribution is 2.47. The second-order valence-electron chi connectivity index (χ2n) is 28.8. The summed E-state index contributed by atoms with van der Waals surface area (Å²) in [5.74, 6) is -1.21. The molecule has 0 spiro atoms. The van der Waals surface area contributed by atoms with Crippen molar-refractivity contribution in [2.24, 2.45) is 0 Å². The fourth-order valence-corrected chi connectivity index (χ4v) is 13.8. The molecule has 3 aromatic carbocycles. The second kappa shape index (κ2) is 48.9. The lowest BCUT2D eigenvalue weighted by atomic mass is 10.0. The highest BCUT2D eigenvalue weighted by molar-refractivity contribution is 7.61. The average molecular weight is 1780 g/mol. The molecule has 0 saturated carbocycles. The van der Waals surface area contributed by atoms with Crippen molar-refractivity contribution in [3.8, 4) is 0 Å². The third-order valence-corrected chi connectivity index (χ3v) is 20.1. The van der Waals surface area contributed by atoms with Crippen LogP contribution < -0.4 is 0 Å². The van der Waals surface area contributed by atoms with Gasteiger partial charge in [0.1, 0.15) is 104 Å². The molecule has 0 aromatic heterocycles. The third-order valence-electron chi connectivity index (χ3n) is 16.0. The first-order chi connectivity index (χ1) is 56.3. The van der Waals surface area contributed by atoms with Crippen molar-refractivity contribution in [2.75, 3.05) is 45.8 Å². The molecule has 6 saturated heterocycles. The van der Waals surface area contributed by atoms with E-state index in [0.717, 1.165) is 37.4 Å². The van der Waals surface area contributed by atoms with Crippen LogP contribution in [0, 0.1) is 0 Å². The van der Waals surface area contributed by atoms with Crippen LogP contribution in [-0.2, 0) is 84.2 Å². The van der Waals surface area contributed by atoms with Crippen LogP contribution in [0.1, 0.15) is 126 Å². The molecule has 0 amide bonds. The Hall–Kier alpha value is -3.82. The number of halogens is 6. The van der Waals surface area contributed by atoms with E-state index in [4.69, 9.17) is 94.9 Å². The Labute approximate surface area is 683 Å². The average Bonchev–Trinajstić information content (AvgIpc) is 1.65. The zero-order valence-electron chi connectivity index (χ0n) is 72.5. The van der Waals surface area contributed by atoms with Gasteiger partial charge in [-0.15, -0.1) is 0 Å². The molecule has 6 fully saturated rings. The highest BCUT2D eigenvalue weighted by Gasteiger charge is 2.49. The summed E-state index contributed by atoms with van der Waals surface area (Å²) >= 11 is 0. The van der Waals surface area contributed by atoms with Gasteiger partial charge in [-0.1, -0.05) is 91.0 Å². The molecule has 10 N–H and O–H groups in total. The van der Waals surface area contributed by atoms with E-state index in [0.29, 0.717) is 22.5 Å². The summed E-state index contributed by atoms with van der Waals surface area (Å²) in [4.78, 5) is 72.9. The van der Waals surface area contributed by atoms with E-state index in [1.165, 1.54) is 6.08 Å². The largest absolute Gasteiger partial charge is 0.386 e. The van der Waals surface area contributed by atoms with Gasteiger partial charge in [-0.3, -0.25) is 27.4 Å². The summed E-state index contributed by atoms with van der Waals surface area (Å²) in [6, 6.07) is 25.4. The van der Waals surface area contributed by atoms with Gasteiger partial charge in [0.25, 0.3) is 0 Å². The molecule has 0 bridgehead atoms. The molecule has 40 heteroatoms. The van der Waals surface area contributed by atoms with E-state index in [-0.39, 0.29) is 62.5 Å². The van der Waals surface area contributed by atoms with Crippen LogP contribution in [0.15, 0.2) is 162 Å². The summed E-state index contributed by atoms with van der Waals surface area (Å²) < 4.78 is 263. The summed E-state index contributed by atoms with van der Waals surface area (Å²) in [7, 11) is -24.6. The van der Waals surface area contributed by atoms with E-state index >= 15 is 0 Å². The third kappa shape index (κ3) is 38.3. The molecule has 9 rings (SSSR count). The summed E-state index contributed by atoms with van der Waals surface area (Å²) in [5.41, 5.74) is 1.86. The number of ether oxygens (including phenoxy) is 12. The first-order valence-corrected chi connectivity index (χ1v) is 48.1. The predicted octanol–water partition coefficient (Wildman–Crippen LogP) is 14.0. The van der Waals surface area contributed by atoms with Crippen molar-refractivity contribution in [3.63, 3.8) is 0 Å². The number of alkyl halides is 6. The number of rotatable bonds is 29. The maximum atomic E-state index is 14.9. The van der Waals surface area contributed by atoms with Gasteiger partial charge in [0.05, 0.1) is 64.7 Å². The molecule has 6 aliphatic heterocycles. The number of benzene rings is 3. The van der Waals surface area contributed by atoms with Crippen molar-refractivity contribution in [2.45, 2.75) is 248 Å². The van der Waals surface area contributed by atoms with Crippen LogP contribution in [-0.4, -0.2) is 242 Å². The minimum absolute atomic E-state index is 0.120. The van der Waals surface area contributed by atoms with Crippen molar-refractivity contribution in [1.82, 2.24) is 0 Å². The van der Waals surface area contributed by atoms with E-state index in [2.05, 4.69) is 0 Å². The topological polar surface area (TPSA) is 415 Å². The quantitative estimate of drug-likeness (QED) is 0.0228. The van der Waals surface area contributed by atoms with Crippen LogP contribution in [0.25, 0.3) is 0 Å². The summed E-state index contributed by atoms with van der Waals surface area (Å²) in [5, 5.41) is 17.6. The zero-order valence-corrected chi connectivity index (χ0v) is 71.9. The van der Waals surface area contributed by atoms with Gasteiger partial charge in [0, 0.05) is 36.6 Å². The van der Waals surface area contributed by atoms with Gasteiger partial charge in [0.2, 0.25) is 29.5 Å². The smallest absolute Gasteiger partial charge is 0.348 e. The summed E-state index contributed by atoms with van der Waals surface area (Å²) in [6.45, 7) is 22.5. The standard InChI is InChI=1S/C16H22FO5P.C16H22FO4P.C15H20FO5P.C10H18FO5P.C10H18FO4P.C9H16FO5P/c1-11(2)21-16-13(8-9-23(19,20)10-18)22-15(14(16)17)12-6-4-3-5-7-12;1-11(2)20-16-13(9-10-22(3,18)19)21-15(14(16)17)12-7-5-4-6-8-12;1-10(2)20-15-12(8-9-22(17,18)19)21-14(13(15)16)11-6-4-3-5-7-11;1-7(2)16-10-8(11)5-15-9(10)3-4-17(13,14)6-12;1-7(2)15-10-8(11)6-14-9(10)4-5-16(3,12)13;1-6(2)15-9-7(10)5-14-8(9)3-4-16(11,12)13/h3-9,11,13-16,18H,10H2,1-2H3,(H,19,20);4-11,13-16H,1-3H3,(H,18,19);3-10,12-15H,1-2H3,(H2,17,18,19);3-4,7-10,12H,5-6H2,1-2H3,(H,13,14);4-5,7-10H,6H2,1-3H3,(H,12,13);3-4,6-9H,5H2,1-2H3,(H2,11,12,13)/b9-8+;10-9+;9-8+;4-3+;5-4+;4-3+/t2*13-,14+,15+,16-;12-,13+,14+,15-;2*8-,9+,10-;7-,8+,9-/m111000/s1/i8D;10D;8D;4D;5D;4D. The molecule has 3 aromatic rings. The van der Waals surface area contributed by atoms with Crippen molar-refractivity contribution >= 4 is 44.7 Å². The van der Waals surface area contributed by atoms with E-state index in [9.17, 15) is 73.3 Å². The van der Waals surface area contributed by atoms with Gasteiger partial charge in [-0.2, -0.15) is 0 Å². The Morgan fingerprint density at radius 3 is 0.905 bits per heavy atom. The lowest BCUT2D eigenvalue weighted by Gasteiger charge is -2.20. The number of hydrogen-bond donors (Lipinski definition) is 10. The normalized spacial score (nSPS) is 33.1. The van der Waals surface area contributed by atoms with Crippen molar-refractivity contribution in [1.29, 1.82) is 0 Å². The molecule has 4 unspecified atom stereocenters. The maximum absolute atomic E-state index is 14.9. The van der Waals surface area contributed by atoms with Gasteiger partial charge in [-0.05, 0) is 148 Å². The Morgan fingerprint density at radius 1 is 0.371 bits per heavy atom. The van der Waals surface area contributed by atoms with Gasteiger partial charge < -0.3 is 106 Å². The number of hydrogen-bond acceptors (Lipinski definition) is 20. The molecule has 6 aliphatic rings. The Morgan fingerprint density at radius 2 is 0.629 bits per heavy atom. The van der Waals surface area contributed by atoms with Crippen LogP contribution in [0.3, 0.4) is 0 Å². The molecule has 25 atom stereocenters. The fraction of sp³-hybridized carbons (Fsp3) is 0.605. The minimum Gasteiger partial charge on any atom is -0.386 e. The maximum Gasteiger partial charge on any atom is 0.348 e. The SMILES string of the molecule is [2H]/C(=C\P(=O)(O)CO)[C@H]1O[C@@H](c2ccccc2)[C@H](F)[C@@H]1OC(C)C.[2H]/C(=C\P(=O)(O)O)[C@H]1O[C@@H](c2ccccc2)[C@H](F)[C@@H]1OC(C)C.[2H]/C(=C\[C@H]1OC[C@H](F)[C@@H]1OC(C)C)P(=O)(O)CO.[2H]/C(=C\[C@H]1OC[C@H](F)[C@@H]1OC(C)C)P(=O)(O)O.[2H]/C(=C\[C@H]1OC[C@H](F)[C@@H]1OC(C)C)P(C)(=O)O.[2H]/C(=C\[C@H]1O[C@@H](c2ccccc2)[C@H](F)[C@@H]1OC(C)C)P(C)(=O)O. The molecule has 116 heavy (non-hydrogen) atoms. The second-order valence-corrected chi connectivity index (χ2v) is 39.6. The molecule has 660 valence electrons. The Bertz CT molecular complexity index is 4140. The van der Waals surface area contributed by atoms with Gasteiger partial charge in [-0.25, -0.2) is 26.3 Å². The van der Waals surface area contributed by atoms with E-state index in [1.807, 2.05) is 6.07 Å². The van der Waals surface area contributed by atoms with Crippen molar-refractivity contribution in [3.05, 3.63) is 179 Å². The highest BCUT2D eigenvalue weighted by atomic mass is 31.2. The molecule has 0 aliphatic carbocycles. The monoisotopic (exact) mass is 1780 g/mol. The molecule has 6 heterocycles. The molecular formula is C76H116F6O28P6. The molecule has 0 radical (unpaired) electrons. The van der Waals surface area contributed by atoms with Crippen LogP contribution in [0.2, 0.25) is 0 Å². The minimum atomic E-state index is -4.62. The predicted molar refractivity (Wildman–Crippen MR) is 425 cm³/mol. The van der Waals surface area contributed by atoms with Gasteiger partial charge in [0.15, 0.2) is 37.0 Å². The summed E-state index contributed by atoms with van der Waals surface area (Å²) in [6.07, 6.45) is -21.9. The van der Waals surface area contributed by atoms with Crippen LogP contribution in [0.5, 0.6) is 0 Å². The number of aliphatic hydroxyl groups is 2. The lowest BCUT2D eigenvalue weighted by Crippen LogP contribution is -2.32.